The third-order valence-corrected chi connectivity index (χ3v) is 7.33. The molecule has 0 radical (unpaired) electrons. The Kier molecular flexibility index (Phi) is 6.45. The highest BCUT2D eigenvalue weighted by molar-refractivity contribution is 6.34. The summed E-state index contributed by atoms with van der Waals surface area (Å²) in [5, 5.41) is 14.8. The fraction of sp³-hybridized carbons (Fsp3) is 0.346. The topological polar surface area (TPSA) is 104 Å². The Bertz CT molecular complexity index is 1480. The number of nitrogens with one attached hydrogen (secondary N) is 2. The van der Waals surface area contributed by atoms with Crippen molar-refractivity contribution in [1.29, 1.82) is 0 Å². The molecule has 0 saturated heterocycles. The smallest absolute Gasteiger partial charge is 0.229 e. The van der Waals surface area contributed by atoms with Crippen molar-refractivity contribution in [3.8, 4) is 0 Å². The molecule has 1 aliphatic heterocycles. The molecule has 2 aromatic heterocycles. The molecule has 1 saturated carbocycles. The van der Waals surface area contributed by atoms with Crippen LogP contribution in [0.4, 0.5) is 4.39 Å². The molecule has 0 spiro atoms. The molecule has 11 heteroatoms. The minimum Gasteiger partial charge on any atom is -0.343 e. The van der Waals surface area contributed by atoms with E-state index < -0.39 is 5.82 Å². The SMILES string of the molecule is C=N/C(=C\N1C=C(c2c(Cl)c(F)c(C(C)C)c3[nH]ncc23)N=CC1)NC(=O)[C@H]1[C@H](C)[C@@H]1c1cnn(C)c1. The van der Waals surface area contributed by atoms with Gasteiger partial charge in [0.2, 0.25) is 5.91 Å². The number of halogens is 2. The van der Waals surface area contributed by atoms with Crippen molar-refractivity contribution in [3.63, 3.8) is 0 Å². The summed E-state index contributed by atoms with van der Waals surface area (Å²) in [6.07, 6.45) is 10.5. The molecule has 5 rings (SSSR count). The lowest BCUT2D eigenvalue weighted by molar-refractivity contribution is -0.122. The van der Waals surface area contributed by atoms with Gasteiger partial charge in [-0.05, 0) is 24.1 Å². The maximum absolute atomic E-state index is 15.3. The van der Waals surface area contributed by atoms with Crippen LogP contribution >= 0.6 is 11.6 Å². The predicted molar refractivity (Wildman–Crippen MR) is 143 cm³/mol. The number of aromatic nitrogens is 4. The lowest BCUT2D eigenvalue weighted by Crippen LogP contribution is -2.27. The molecule has 3 atom stereocenters. The first-order valence-electron chi connectivity index (χ1n) is 12.0. The van der Waals surface area contributed by atoms with Crippen LogP contribution in [-0.4, -0.2) is 50.3 Å². The third-order valence-electron chi connectivity index (χ3n) is 6.97. The summed E-state index contributed by atoms with van der Waals surface area (Å²) in [4.78, 5) is 23.3. The first kappa shape index (κ1) is 24.9. The van der Waals surface area contributed by atoms with Gasteiger partial charge in [0.05, 0.1) is 35.2 Å². The summed E-state index contributed by atoms with van der Waals surface area (Å²) in [6, 6.07) is 0. The fourth-order valence-electron chi connectivity index (χ4n) is 5.09. The van der Waals surface area contributed by atoms with Gasteiger partial charge in [-0.2, -0.15) is 10.2 Å². The van der Waals surface area contributed by atoms with E-state index in [1.165, 1.54) is 0 Å². The zero-order valence-electron chi connectivity index (χ0n) is 21.0. The van der Waals surface area contributed by atoms with Gasteiger partial charge in [0, 0.05) is 60.2 Å². The highest BCUT2D eigenvalue weighted by Crippen LogP contribution is 2.53. The lowest BCUT2D eigenvalue weighted by atomic mass is 9.95. The van der Waals surface area contributed by atoms with Gasteiger partial charge in [-0.15, -0.1) is 0 Å². The maximum atomic E-state index is 15.3. The van der Waals surface area contributed by atoms with E-state index in [-0.39, 0.29) is 34.6 Å². The molecule has 2 N–H and O–H groups in total. The zero-order chi connectivity index (χ0) is 26.4. The van der Waals surface area contributed by atoms with Crippen LogP contribution in [0.2, 0.25) is 5.02 Å². The number of amides is 1. The number of hydrogen-bond donors (Lipinski definition) is 2. The second-order valence-corrected chi connectivity index (χ2v) is 10.2. The van der Waals surface area contributed by atoms with E-state index in [2.05, 4.69) is 37.3 Å². The molecule has 192 valence electrons. The second kappa shape index (κ2) is 9.59. The molecular weight excluding hydrogens is 495 g/mol. The van der Waals surface area contributed by atoms with Crippen molar-refractivity contribution in [2.75, 3.05) is 6.54 Å². The molecule has 1 aromatic carbocycles. The predicted octanol–water partition coefficient (Wildman–Crippen LogP) is 4.56. The van der Waals surface area contributed by atoms with Gasteiger partial charge in [-0.3, -0.25) is 19.6 Å². The first-order chi connectivity index (χ1) is 17.7. The molecule has 0 unspecified atom stereocenters. The number of aromatic amines is 1. The van der Waals surface area contributed by atoms with Crippen LogP contribution in [0, 0.1) is 17.7 Å². The normalized spacial score (nSPS) is 21.5. The highest BCUT2D eigenvalue weighted by atomic mass is 35.5. The van der Waals surface area contributed by atoms with Crippen LogP contribution in [0.15, 0.2) is 46.8 Å². The number of fused-ring (bicyclic) bond motifs is 1. The standard InChI is InChI=1S/C26H28ClFN8O/c1-13(2)19-24(28)23(27)22(16-9-31-34-25(16)19)17-11-36(7-6-30-17)12-18(29-4)33-26(37)21-14(3)20(21)15-8-32-35(5)10-15/h6,8-14,20-21H,4,7H2,1-3,5H3,(H,31,34)(H,33,37)/b18-12+/t14-,20-,21+/m1/s1. The molecule has 1 amide bonds. The van der Waals surface area contributed by atoms with Crippen LogP contribution in [0.25, 0.3) is 16.6 Å². The number of rotatable bonds is 7. The van der Waals surface area contributed by atoms with Crippen molar-refractivity contribution < 1.29 is 9.18 Å². The Morgan fingerprint density at radius 1 is 1.41 bits per heavy atom. The first-order valence-corrected chi connectivity index (χ1v) is 12.4. The van der Waals surface area contributed by atoms with Crippen LogP contribution in [0.3, 0.4) is 0 Å². The number of carbonyl (C=O) groups is 1. The van der Waals surface area contributed by atoms with Crippen molar-refractivity contribution in [1.82, 2.24) is 30.2 Å². The number of aryl methyl sites for hydroxylation is 1. The number of carbonyl (C=O) groups excluding carboxylic acids is 1. The molecule has 3 heterocycles. The Labute approximate surface area is 218 Å². The van der Waals surface area contributed by atoms with E-state index in [9.17, 15) is 4.79 Å². The summed E-state index contributed by atoms with van der Waals surface area (Å²) >= 11 is 6.53. The number of hydrogen-bond acceptors (Lipinski definition) is 6. The van der Waals surface area contributed by atoms with Gasteiger partial charge < -0.3 is 10.2 Å². The minimum absolute atomic E-state index is 0.00799. The van der Waals surface area contributed by atoms with Crippen molar-refractivity contribution in [2.24, 2.45) is 28.9 Å². The van der Waals surface area contributed by atoms with E-state index >= 15 is 4.39 Å². The molecule has 1 aliphatic carbocycles. The van der Waals surface area contributed by atoms with Crippen molar-refractivity contribution in [2.45, 2.75) is 32.6 Å². The van der Waals surface area contributed by atoms with Crippen LogP contribution in [-0.2, 0) is 11.8 Å². The van der Waals surface area contributed by atoms with Crippen LogP contribution in [0.5, 0.6) is 0 Å². The van der Waals surface area contributed by atoms with Crippen molar-refractivity contribution >= 4 is 47.0 Å². The summed E-state index contributed by atoms with van der Waals surface area (Å²) in [7, 11) is 1.86. The van der Waals surface area contributed by atoms with Gasteiger partial charge in [-0.25, -0.2) is 9.38 Å². The number of H-pyrrole nitrogens is 1. The average molecular weight is 523 g/mol. The second-order valence-electron chi connectivity index (χ2n) is 9.77. The quantitative estimate of drug-likeness (QED) is 0.444. The van der Waals surface area contributed by atoms with Crippen LogP contribution < -0.4 is 5.32 Å². The van der Waals surface area contributed by atoms with E-state index in [4.69, 9.17) is 11.6 Å². The minimum atomic E-state index is -0.491. The Morgan fingerprint density at radius 2 is 2.19 bits per heavy atom. The average Bonchev–Trinajstić information content (AvgIpc) is 3.15. The van der Waals surface area contributed by atoms with Gasteiger partial charge in [0.15, 0.2) is 0 Å². The van der Waals surface area contributed by atoms with E-state index in [0.717, 1.165) is 5.56 Å². The number of benzene rings is 1. The zero-order valence-corrected chi connectivity index (χ0v) is 21.8. The van der Waals surface area contributed by atoms with Gasteiger partial charge in [0.25, 0.3) is 0 Å². The number of aliphatic imine (C=N–C) groups is 2. The monoisotopic (exact) mass is 522 g/mol. The van der Waals surface area contributed by atoms with Crippen molar-refractivity contribution in [3.05, 3.63) is 64.3 Å². The lowest BCUT2D eigenvalue weighted by Gasteiger charge is -2.21. The highest BCUT2D eigenvalue weighted by Gasteiger charge is 2.53. The molecule has 37 heavy (non-hydrogen) atoms. The summed E-state index contributed by atoms with van der Waals surface area (Å²) < 4.78 is 17.0. The van der Waals surface area contributed by atoms with E-state index in [0.29, 0.717) is 40.1 Å². The molecule has 0 bridgehead atoms. The van der Waals surface area contributed by atoms with Crippen LogP contribution in [0.1, 0.15) is 49.3 Å². The Hall–Kier alpha value is -3.79. The summed E-state index contributed by atoms with van der Waals surface area (Å²) in [5.74, 6) is -0.239. The Morgan fingerprint density at radius 3 is 2.86 bits per heavy atom. The number of nitrogens with zero attached hydrogens (tertiary/aromatic N) is 6. The largest absolute Gasteiger partial charge is 0.343 e. The van der Waals surface area contributed by atoms with Gasteiger partial charge in [0.1, 0.15) is 11.6 Å². The summed E-state index contributed by atoms with van der Waals surface area (Å²) in [5.41, 5.74) is 3.04. The Balaban J connectivity index is 1.40. The van der Waals surface area contributed by atoms with E-state index in [1.807, 2.05) is 34.0 Å². The molecule has 9 nitrogen and oxygen atoms in total. The fourth-order valence-corrected chi connectivity index (χ4v) is 5.39. The molecular formula is C26H28ClFN8O. The molecule has 1 fully saturated rings. The third kappa shape index (κ3) is 4.46. The molecule has 2 aliphatic rings. The maximum Gasteiger partial charge on any atom is 0.229 e. The van der Waals surface area contributed by atoms with Gasteiger partial charge in [-0.1, -0.05) is 32.4 Å². The summed E-state index contributed by atoms with van der Waals surface area (Å²) in [6.45, 7) is 9.89. The molecule has 3 aromatic rings. The van der Waals surface area contributed by atoms with E-state index in [1.54, 1.807) is 40.6 Å². The van der Waals surface area contributed by atoms with Gasteiger partial charge >= 0.3 is 0 Å².